The maximum absolute atomic E-state index is 12.3. The molecule has 0 aliphatic carbocycles. The molecule has 24 heavy (non-hydrogen) atoms. The molecule has 5 heteroatoms. The molecule has 1 amide bonds. The van der Waals surface area contributed by atoms with Gasteiger partial charge in [-0.1, -0.05) is 6.07 Å². The fraction of sp³-hybridized carbons (Fsp3) is 0.316. The molecule has 126 valence electrons. The number of methoxy groups -OCH3 is 1. The monoisotopic (exact) mass is 436 g/mol. The summed E-state index contributed by atoms with van der Waals surface area (Å²) in [5.41, 5.74) is 1.94. The van der Waals surface area contributed by atoms with Crippen LogP contribution < -0.4 is 15.0 Å². The molecule has 1 fully saturated rings. The molecule has 0 spiro atoms. The Bertz CT molecular complexity index is 695. The second-order valence-electron chi connectivity index (χ2n) is 5.94. The highest BCUT2D eigenvalue weighted by Crippen LogP contribution is 2.23. The predicted molar refractivity (Wildman–Crippen MR) is 105 cm³/mol. The highest BCUT2D eigenvalue weighted by atomic mass is 127. The van der Waals surface area contributed by atoms with Gasteiger partial charge in [0.1, 0.15) is 5.75 Å². The molecule has 3 rings (SSSR count). The molecule has 0 atom stereocenters. The number of amides is 1. The number of benzene rings is 2. The highest BCUT2D eigenvalue weighted by Gasteiger charge is 2.21. The average Bonchev–Trinajstić information content (AvgIpc) is 2.62. The Balaban J connectivity index is 1.54. The molecule has 0 saturated carbocycles. The number of nitrogens with zero attached hydrogens (tertiary/aromatic N) is 1. The molecular weight excluding hydrogens is 415 g/mol. The lowest BCUT2D eigenvalue weighted by Gasteiger charge is -2.34. The molecule has 4 nitrogen and oxygen atoms in total. The van der Waals surface area contributed by atoms with Crippen LogP contribution in [0.5, 0.6) is 5.75 Å². The molecule has 0 aromatic heterocycles. The quantitative estimate of drug-likeness (QED) is 0.744. The minimum atomic E-state index is 0.0245. The van der Waals surface area contributed by atoms with Gasteiger partial charge < -0.3 is 15.0 Å². The SMILES string of the molecule is COc1ccc(N2CCC(NC(=O)c3cccc(I)c3)CC2)cc1. The molecule has 1 saturated heterocycles. The maximum Gasteiger partial charge on any atom is 0.251 e. The molecule has 0 unspecified atom stereocenters. The van der Waals surface area contributed by atoms with Gasteiger partial charge in [-0.2, -0.15) is 0 Å². The maximum atomic E-state index is 12.3. The van der Waals surface area contributed by atoms with E-state index in [1.807, 2.05) is 36.4 Å². The predicted octanol–water partition coefficient (Wildman–Crippen LogP) is 3.70. The Morgan fingerprint density at radius 2 is 1.88 bits per heavy atom. The van der Waals surface area contributed by atoms with Gasteiger partial charge in [0.05, 0.1) is 7.11 Å². The van der Waals surface area contributed by atoms with Crippen LogP contribution in [0.4, 0.5) is 5.69 Å². The summed E-state index contributed by atoms with van der Waals surface area (Å²) in [5.74, 6) is 0.898. The van der Waals surface area contributed by atoms with Crippen LogP contribution in [-0.2, 0) is 0 Å². The van der Waals surface area contributed by atoms with Crippen molar-refractivity contribution in [3.63, 3.8) is 0 Å². The standard InChI is InChI=1S/C19H21IN2O2/c1-24-18-7-5-17(6-8-18)22-11-9-16(10-12-22)21-19(23)14-3-2-4-15(20)13-14/h2-8,13,16H,9-12H2,1H3,(H,21,23). The number of carbonyl (C=O) groups excluding carboxylic acids is 1. The van der Waals surface area contributed by atoms with Gasteiger partial charge in [0.2, 0.25) is 0 Å². The molecule has 1 aliphatic heterocycles. The van der Waals surface area contributed by atoms with Gasteiger partial charge >= 0.3 is 0 Å². The Morgan fingerprint density at radius 3 is 2.50 bits per heavy atom. The van der Waals surface area contributed by atoms with Gasteiger partial charge in [-0.25, -0.2) is 0 Å². The van der Waals surface area contributed by atoms with Gasteiger partial charge in [-0.15, -0.1) is 0 Å². The summed E-state index contributed by atoms with van der Waals surface area (Å²) in [7, 11) is 1.68. The van der Waals surface area contributed by atoms with Crippen molar-refractivity contribution in [1.82, 2.24) is 5.32 Å². The fourth-order valence-corrected chi connectivity index (χ4v) is 3.52. The number of hydrogen-bond acceptors (Lipinski definition) is 3. The zero-order valence-corrected chi connectivity index (χ0v) is 15.8. The molecule has 0 bridgehead atoms. The molecule has 2 aromatic carbocycles. The van der Waals surface area contributed by atoms with E-state index in [9.17, 15) is 4.79 Å². The number of rotatable bonds is 4. The van der Waals surface area contributed by atoms with Crippen molar-refractivity contribution >= 4 is 34.2 Å². The van der Waals surface area contributed by atoms with Crippen molar-refractivity contribution in [2.75, 3.05) is 25.1 Å². The number of ether oxygens (including phenoxy) is 1. The van der Waals surface area contributed by atoms with Crippen molar-refractivity contribution in [3.8, 4) is 5.75 Å². The van der Waals surface area contributed by atoms with Gasteiger partial charge in [-0.05, 0) is 77.9 Å². The third-order valence-electron chi connectivity index (χ3n) is 4.35. The summed E-state index contributed by atoms with van der Waals surface area (Å²) in [6.07, 6.45) is 1.92. The third-order valence-corrected chi connectivity index (χ3v) is 5.03. The normalized spacial score (nSPS) is 15.2. The van der Waals surface area contributed by atoms with E-state index in [-0.39, 0.29) is 11.9 Å². The Kier molecular flexibility index (Phi) is 5.60. The number of carbonyl (C=O) groups is 1. The first-order chi connectivity index (χ1) is 11.7. The molecule has 1 heterocycles. The van der Waals surface area contributed by atoms with Gasteiger partial charge in [0.15, 0.2) is 0 Å². The van der Waals surface area contributed by atoms with Crippen LogP contribution >= 0.6 is 22.6 Å². The van der Waals surface area contributed by atoms with E-state index in [0.29, 0.717) is 0 Å². The number of piperidine rings is 1. The van der Waals surface area contributed by atoms with E-state index < -0.39 is 0 Å². The summed E-state index contributed by atoms with van der Waals surface area (Å²) in [6.45, 7) is 1.90. The lowest BCUT2D eigenvalue weighted by atomic mass is 10.0. The lowest BCUT2D eigenvalue weighted by molar-refractivity contribution is 0.0931. The first-order valence-electron chi connectivity index (χ1n) is 8.11. The first kappa shape index (κ1) is 17.1. The van der Waals surface area contributed by atoms with E-state index >= 15 is 0 Å². The zero-order chi connectivity index (χ0) is 16.9. The first-order valence-corrected chi connectivity index (χ1v) is 9.19. The van der Waals surface area contributed by atoms with Crippen LogP contribution in [0.2, 0.25) is 0 Å². The van der Waals surface area contributed by atoms with Crippen LogP contribution in [0.1, 0.15) is 23.2 Å². The van der Waals surface area contributed by atoms with Gasteiger partial charge in [-0.3, -0.25) is 4.79 Å². The molecule has 1 aliphatic rings. The summed E-state index contributed by atoms with van der Waals surface area (Å²) >= 11 is 2.23. The molecule has 1 N–H and O–H groups in total. The van der Waals surface area contributed by atoms with E-state index in [1.165, 1.54) is 5.69 Å². The number of nitrogens with one attached hydrogen (secondary N) is 1. The third kappa shape index (κ3) is 4.20. The molecular formula is C19H21IN2O2. The van der Waals surface area contributed by atoms with E-state index in [4.69, 9.17) is 4.74 Å². The lowest BCUT2D eigenvalue weighted by Crippen LogP contribution is -2.44. The largest absolute Gasteiger partial charge is 0.497 e. The molecule has 0 radical (unpaired) electrons. The number of hydrogen-bond donors (Lipinski definition) is 1. The minimum Gasteiger partial charge on any atom is -0.497 e. The van der Waals surface area contributed by atoms with Crippen LogP contribution in [0.15, 0.2) is 48.5 Å². The minimum absolute atomic E-state index is 0.0245. The smallest absolute Gasteiger partial charge is 0.251 e. The van der Waals surface area contributed by atoms with Crippen molar-refractivity contribution in [3.05, 3.63) is 57.7 Å². The number of anilines is 1. The average molecular weight is 436 g/mol. The summed E-state index contributed by atoms with van der Waals surface area (Å²) < 4.78 is 6.28. The summed E-state index contributed by atoms with van der Waals surface area (Å²) in [4.78, 5) is 14.7. The second-order valence-corrected chi connectivity index (χ2v) is 7.19. The fourth-order valence-electron chi connectivity index (χ4n) is 2.97. The van der Waals surface area contributed by atoms with Crippen LogP contribution in [-0.4, -0.2) is 32.1 Å². The van der Waals surface area contributed by atoms with Crippen molar-refractivity contribution in [1.29, 1.82) is 0 Å². The van der Waals surface area contributed by atoms with Crippen molar-refractivity contribution in [2.45, 2.75) is 18.9 Å². The zero-order valence-electron chi connectivity index (χ0n) is 13.7. The van der Waals surface area contributed by atoms with Crippen molar-refractivity contribution < 1.29 is 9.53 Å². The van der Waals surface area contributed by atoms with Crippen LogP contribution in [0.3, 0.4) is 0 Å². The Morgan fingerprint density at radius 1 is 1.17 bits per heavy atom. The number of halogens is 1. The Labute approximate surface area is 156 Å². The second kappa shape index (κ2) is 7.88. The van der Waals surface area contributed by atoms with Crippen LogP contribution in [0.25, 0.3) is 0 Å². The van der Waals surface area contributed by atoms with Gasteiger partial charge in [0.25, 0.3) is 5.91 Å². The summed E-state index contributed by atoms with van der Waals surface area (Å²) in [6, 6.07) is 16.1. The van der Waals surface area contributed by atoms with E-state index in [0.717, 1.165) is 40.8 Å². The highest BCUT2D eigenvalue weighted by molar-refractivity contribution is 14.1. The topological polar surface area (TPSA) is 41.6 Å². The molecule has 2 aromatic rings. The van der Waals surface area contributed by atoms with Crippen molar-refractivity contribution in [2.24, 2.45) is 0 Å². The van der Waals surface area contributed by atoms with Gasteiger partial charge in [0, 0.05) is 34.0 Å². The Hall–Kier alpha value is -1.76. The van der Waals surface area contributed by atoms with E-state index in [2.05, 4.69) is 44.9 Å². The summed E-state index contributed by atoms with van der Waals surface area (Å²) in [5, 5.41) is 3.16. The van der Waals surface area contributed by atoms with E-state index in [1.54, 1.807) is 7.11 Å². The van der Waals surface area contributed by atoms with Crippen LogP contribution in [0, 0.1) is 3.57 Å².